The van der Waals surface area contributed by atoms with E-state index < -0.39 is 37.3 Å². The Hall–Kier alpha value is -2.29. The maximum atomic E-state index is 11.9. The molecule has 9 heteroatoms. The molecule has 0 aliphatic heterocycles. The molecule has 6 nitrogen and oxygen atoms in total. The van der Waals surface area contributed by atoms with Gasteiger partial charge in [-0.1, -0.05) is 12.1 Å². The number of hydrogen-bond acceptors (Lipinski definition) is 4. The Kier molecular flexibility index (Phi) is 7.02. The first-order valence-corrected chi connectivity index (χ1v) is 7.06. The summed E-state index contributed by atoms with van der Waals surface area (Å²) in [7, 11) is 0. The molecule has 2 amide bonds. The summed E-state index contributed by atoms with van der Waals surface area (Å²) < 4.78 is 45.2. The van der Waals surface area contributed by atoms with E-state index in [0.29, 0.717) is 5.75 Å². The Morgan fingerprint density at radius 3 is 2.50 bits per heavy atom. The van der Waals surface area contributed by atoms with Gasteiger partial charge in [0.2, 0.25) is 0 Å². The second kappa shape index (κ2) is 8.53. The number of nitrogens with one attached hydrogen (secondary N) is 2. The van der Waals surface area contributed by atoms with Crippen LogP contribution in [0.15, 0.2) is 18.2 Å². The zero-order valence-corrected chi connectivity index (χ0v) is 13.5. The zero-order valence-electron chi connectivity index (χ0n) is 13.5. The molecule has 0 heterocycles. The number of halogens is 3. The van der Waals surface area contributed by atoms with Crippen LogP contribution in [0.4, 0.5) is 13.2 Å². The fourth-order valence-electron chi connectivity index (χ4n) is 1.62. The lowest BCUT2D eigenvalue weighted by atomic mass is 10.1. The van der Waals surface area contributed by atoms with Crippen LogP contribution >= 0.6 is 0 Å². The van der Waals surface area contributed by atoms with Crippen LogP contribution < -0.4 is 15.6 Å². The second-order valence-corrected chi connectivity index (χ2v) is 5.10. The highest BCUT2D eigenvalue weighted by Gasteiger charge is 2.27. The summed E-state index contributed by atoms with van der Waals surface area (Å²) in [6.45, 7) is 2.85. The molecule has 0 aliphatic rings. The van der Waals surface area contributed by atoms with Crippen LogP contribution in [-0.4, -0.2) is 37.3 Å². The molecule has 0 aliphatic carbocycles. The van der Waals surface area contributed by atoms with E-state index in [1.165, 1.54) is 6.92 Å². The second-order valence-electron chi connectivity index (χ2n) is 5.10. The molecule has 134 valence electrons. The first-order valence-electron chi connectivity index (χ1n) is 7.06. The van der Waals surface area contributed by atoms with Crippen LogP contribution in [0.2, 0.25) is 0 Å². The summed E-state index contributed by atoms with van der Waals surface area (Å²) in [5.74, 6) is -1.04. The third kappa shape index (κ3) is 6.86. The minimum Gasteiger partial charge on any atom is -0.481 e. The average Bonchev–Trinajstić information content (AvgIpc) is 2.48. The molecule has 0 spiro atoms. The summed E-state index contributed by atoms with van der Waals surface area (Å²) in [6.07, 6.45) is -5.43. The van der Waals surface area contributed by atoms with E-state index in [-0.39, 0.29) is 0 Å². The lowest BCUT2D eigenvalue weighted by Gasteiger charge is -2.17. The van der Waals surface area contributed by atoms with Gasteiger partial charge < -0.3 is 9.47 Å². The highest BCUT2D eigenvalue weighted by atomic mass is 19.4. The van der Waals surface area contributed by atoms with Gasteiger partial charge >= 0.3 is 6.18 Å². The van der Waals surface area contributed by atoms with Gasteiger partial charge in [0.05, 0.1) is 0 Å². The van der Waals surface area contributed by atoms with Gasteiger partial charge in [0.25, 0.3) is 11.8 Å². The fourth-order valence-corrected chi connectivity index (χ4v) is 1.62. The number of alkyl halides is 3. The van der Waals surface area contributed by atoms with E-state index in [4.69, 9.17) is 4.74 Å². The predicted octanol–water partition coefficient (Wildman–Crippen LogP) is 1.80. The predicted molar refractivity (Wildman–Crippen MR) is 79.2 cm³/mol. The van der Waals surface area contributed by atoms with Crippen molar-refractivity contribution in [3.8, 4) is 5.75 Å². The third-order valence-electron chi connectivity index (χ3n) is 3.05. The van der Waals surface area contributed by atoms with Crippen LogP contribution in [0, 0.1) is 13.8 Å². The largest absolute Gasteiger partial charge is 0.481 e. The quantitative estimate of drug-likeness (QED) is 0.769. The van der Waals surface area contributed by atoms with E-state index in [9.17, 15) is 22.8 Å². The molecule has 1 unspecified atom stereocenters. The smallest absolute Gasteiger partial charge is 0.411 e. The molecule has 0 saturated heterocycles. The number of rotatable bonds is 6. The standard InChI is InChI=1S/C15H19F3N2O4/c1-9-5-4-6-12(10(9)2)24-11(3)14(22)20-19-13(21)7-23-8-15(16,17)18/h4-6,11H,7-8H2,1-3H3,(H,19,21)(H,20,22). The highest BCUT2D eigenvalue weighted by molar-refractivity contribution is 5.85. The molecule has 0 aromatic heterocycles. The van der Waals surface area contributed by atoms with E-state index >= 15 is 0 Å². The minimum absolute atomic E-state index is 0.525. The van der Waals surface area contributed by atoms with Gasteiger partial charge in [0.15, 0.2) is 6.10 Å². The van der Waals surface area contributed by atoms with Crippen LogP contribution in [0.3, 0.4) is 0 Å². The van der Waals surface area contributed by atoms with Crippen molar-refractivity contribution in [3.05, 3.63) is 29.3 Å². The van der Waals surface area contributed by atoms with E-state index in [0.717, 1.165) is 11.1 Å². The number of hydrazine groups is 1. The molecule has 1 rings (SSSR count). The molecular formula is C15H19F3N2O4. The maximum Gasteiger partial charge on any atom is 0.411 e. The number of carbonyl (C=O) groups is 2. The molecule has 1 atom stereocenters. The highest BCUT2D eigenvalue weighted by Crippen LogP contribution is 2.21. The van der Waals surface area contributed by atoms with Crippen molar-refractivity contribution in [2.75, 3.05) is 13.2 Å². The van der Waals surface area contributed by atoms with Crippen molar-refractivity contribution in [1.29, 1.82) is 0 Å². The molecule has 2 N–H and O–H groups in total. The summed E-state index contributed by atoms with van der Waals surface area (Å²) in [4.78, 5) is 23.1. The van der Waals surface area contributed by atoms with Crippen LogP contribution in [0.25, 0.3) is 0 Å². The van der Waals surface area contributed by atoms with Gasteiger partial charge in [-0.2, -0.15) is 13.2 Å². The lowest BCUT2D eigenvalue weighted by molar-refractivity contribution is -0.176. The first kappa shape index (κ1) is 19.8. The van der Waals surface area contributed by atoms with Gasteiger partial charge in [-0.05, 0) is 38.0 Å². The van der Waals surface area contributed by atoms with Crippen molar-refractivity contribution in [2.24, 2.45) is 0 Å². The molecule has 1 aromatic carbocycles. The van der Waals surface area contributed by atoms with E-state index in [1.54, 1.807) is 12.1 Å². The van der Waals surface area contributed by atoms with Crippen LogP contribution in [-0.2, 0) is 14.3 Å². The fraction of sp³-hybridized carbons (Fsp3) is 0.467. The average molecular weight is 348 g/mol. The van der Waals surface area contributed by atoms with E-state index in [2.05, 4.69) is 10.2 Å². The first-order chi connectivity index (χ1) is 11.1. The minimum atomic E-state index is -4.52. The molecule has 1 aromatic rings. The zero-order chi connectivity index (χ0) is 18.3. The molecule has 24 heavy (non-hydrogen) atoms. The monoisotopic (exact) mass is 348 g/mol. The van der Waals surface area contributed by atoms with Gasteiger partial charge in [0, 0.05) is 0 Å². The summed E-state index contributed by atoms with van der Waals surface area (Å²) >= 11 is 0. The number of hydrogen-bond donors (Lipinski definition) is 2. The Labute approximate surface area is 137 Å². The molecule has 0 bridgehead atoms. The summed E-state index contributed by atoms with van der Waals surface area (Å²) in [6, 6.07) is 5.38. The molecular weight excluding hydrogens is 329 g/mol. The molecule has 0 saturated carbocycles. The van der Waals surface area contributed by atoms with Crippen LogP contribution in [0.1, 0.15) is 18.1 Å². The topological polar surface area (TPSA) is 76.7 Å². The number of aryl methyl sites for hydroxylation is 1. The van der Waals surface area contributed by atoms with Crippen molar-refractivity contribution >= 4 is 11.8 Å². The van der Waals surface area contributed by atoms with Gasteiger partial charge in [0.1, 0.15) is 19.0 Å². The lowest BCUT2D eigenvalue weighted by Crippen LogP contribution is -2.48. The normalized spacial score (nSPS) is 12.4. The van der Waals surface area contributed by atoms with Crippen molar-refractivity contribution in [2.45, 2.75) is 33.1 Å². The number of ether oxygens (including phenoxy) is 2. The van der Waals surface area contributed by atoms with E-state index in [1.807, 2.05) is 25.3 Å². The number of carbonyl (C=O) groups excluding carboxylic acids is 2. The molecule has 0 fully saturated rings. The van der Waals surface area contributed by atoms with Crippen LogP contribution in [0.5, 0.6) is 5.75 Å². The van der Waals surface area contributed by atoms with Crippen molar-refractivity contribution < 1.29 is 32.2 Å². The van der Waals surface area contributed by atoms with Crippen molar-refractivity contribution in [3.63, 3.8) is 0 Å². The summed E-state index contributed by atoms with van der Waals surface area (Å²) in [5, 5.41) is 0. The number of amides is 2. The Morgan fingerprint density at radius 2 is 1.88 bits per heavy atom. The molecule has 0 radical (unpaired) electrons. The number of benzene rings is 1. The van der Waals surface area contributed by atoms with Gasteiger partial charge in [-0.3, -0.25) is 20.4 Å². The third-order valence-corrected chi connectivity index (χ3v) is 3.05. The van der Waals surface area contributed by atoms with Crippen molar-refractivity contribution in [1.82, 2.24) is 10.9 Å². The Bertz CT molecular complexity index is 591. The van der Waals surface area contributed by atoms with Gasteiger partial charge in [-0.15, -0.1) is 0 Å². The Balaban J connectivity index is 2.39. The maximum absolute atomic E-state index is 11.9. The van der Waals surface area contributed by atoms with Gasteiger partial charge in [-0.25, -0.2) is 0 Å². The SMILES string of the molecule is Cc1cccc(OC(C)C(=O)NNC(=O)COCC(F)(F)F)c1C. The Morgan fingerprint density at radius 1 is 1.21 bits per heavy atom. The summed E-state index contributed by atoms with van der Waals surface area (Å²) in [5.41, 5.74) is 5.88.